The number of halogens is 1. The lowest BCUT2D eigenvalue weighted by Gasteiger charge is -2.29. The molecule has 1 saturated carbocycles. The van der Waals surface area contributed by atoms with Gasteiger partial charge in [0.05, 0.1) is 11.8 Å². The van der Waals surface area contributed by atoms with Gasteiger partial charge in [-0.1, -0.05) is 78.3 Å². The molecule has 1 aliphatic heterocycles. The maximum absolute atomic E-state index is 13.4. The second-order valence-corrected chi connectivity index (χ2v) is 8.64. The molecule has 5 rings (SSSR count). The van der Waals surface area contributed by atoms with Gasteiger partial charge in [0.15, 0.2) is 0 Å². The first kappa shape index (κ1) is 20.5. The van der Waals surface area contributed by atoms with Crippen molar-refractivity contribution in [2.24, 2.45) is 11.0 Å². The van der Waals surface area contributed by atoms with Crippen LogP contribution in [0.2, 0.25) is 5.02 Å². The van der Waals surface area contributed by atoms with Gasteiger partial charge in [-0.25, -0.2) is 9.80 Å². The third-order valence-electron chi connectivity index (χ3n) is 6.07. The Kier molecular flexibility index (Phi) is 5.78. The molecule has 1 aliphatic carbocycles. The van der Waals surface area contributed by atoms with Gasteiger partial charge in [0.1, 0.15) is 0 Å². The molecule has 2 amide bonds. The van der Waals surface area contributed by atoms with Crippen LogP contribution in [-0.4, -0.2) is 16.8 Å². The third-order valence-corrected chi connectivity index (χ3v) is 6.30. The average molecular weight is 442 g/mol. The van der Waals surface area contributed by atoms with Crippen LogP contribution < -0.4 is 5.32 Å². The number of urea groups is 1. The Bertz CT molecular complexity index is 1170. The van der Waals surface area contributed by atoms with Crippen molar-refractivity contribution in [2.75, 3.05) is 5.32 Å². The molecule has 160 valence electrons. The zero-order valence-corrected chi connectivity index (χ0v) is 18.4. The molecule has 32 heavy (non-hydrogen) atoms. The molecule has 0 radical (unpaired) electrons. The summed E-state index contributed by atoms with van der Waals surface area (Å²) in [5.74, 6) is 0.172. The highest BCUT2D eigenvalue weighted by Gasteiger charge is 2.43. The first-order valence-corrected chi connectivity index (χ1v) is 11.3. The number of allylic oxidation sites excluding steroid dienone is 1. The number of hydrogen-bond acceptors (Lipinski definition) is 2. The van der Waals surface area contributed by atoms with Crippen molar-refractivity contribution in [2.45, 2.75) is 25.3 Å². The van der Waals surface area contributed by atoms with Gasteiger partial charge in [-0.2, -0.15) is 5.10 Å². The second kappa shape index (κ2) is 9.01. The number of carbonyl (C=O) groups excluding carboxylic acids is 1. The molecule has 5 heteroatoms. The molecule has 1 fully saturated rings. The molecule has 1 N–H and O–H groups in total. The van der Waals surface area contributed by atoms with Crippen LogP contribution in [0.3, 0.4) is 0 Å². The van der Waals surface area contributed by atoms with Gasteiger partial charge >= 0.3 is 6.03 Å². The predicted octanol–water partition coefficient (Wildman–Crippen LogP) is 7.17. The van der Waals surface area contributed by atoms with Crippen molar-refractivity contribution in [1.82, 2.24) is 5.01 Å². The summed E-state index contributed by atoms with van der Waals surface area (Å²) in [6.07, 6.45) is 5.27. The average Bonchev–Trinajstić information content (AvgIpc) is 3.21. The molecule has 4 nitrogen and oxygen atoms in total. The van der Waals surface area contributed by atoms with Crippen LogP contribution in [0.4, 0.5) is 10.5 Å². The van der Waals surface area contributed by atoms with Crippen LogP contribution in [-0.2, 0) is 0 Å². The summed E-state index contributed by atoms with van der Waals surface area (Å²) in [5.41, 5.74) is 5.15. The van der Waals surface area contributed by atoms with E-state index in [1.807, 2.05) is 48.5 Å². The van der Waals surface area contributed by atoms with Gasteiger partial charge in [0.2, 0.25) is 0 Å². The Labute approximate surface area is 193 Å². The molecule has 1 heterocycles. The van der Waals surface area contributed by atoms with Gasteiger partial charge < -0.3 is 5.32 Å². The number of fused-ring (bicyclic) bond motifs is 1. The Hall–Kier alpha value is -3.37. The Morgan fingerprint density at radius 1 is 1.00 bits per heavy atom. The van der Waals surface area contributed by atoms with Gasteiger partial charge in [-0.15, -0.1) is 0 Å². The van der Waals surface area contributed by atoms with Crippen molar-refractivity contribution < 1.29 is 4.79 Å². The molecular formula is C27H24ClN3O. The molecule has 3 aromatic rings. The number of rotatable bonds is 3. The summed E-state index contributed by atoms with van der Waals surface area (Å²) >= 11 is 6.11. The SMILES string of the molecule is O=C(Nc1cccc(Cl)c1)N1N=C2C(=Cc3ccccc3)CCCC2C1c1ccccc1. The molecular weight excluding hydrogens is 418 g/mol. The Morgan fingerprint density at radius 3 is 2.50 bits per heavy atom. The number of hydrogen-bond donors (Lipinski definition) is 1. The van der Waals surface area contributed by atoms with Crippen molar-refractivity contribution >= 4 is 35.1 Å². The van der Waals surface area contributed by atoms with E-state index in [9.17, 15) is 4.79 Å². The van der Waals surface area contributed by atoms with Crippen molar-refractivity contribution in [1.29, 1.82) is 0 Å². The number of carbonyl (C=O) groups is 1. The van der Waals surface area contributed by atoms with Crippen molar-refractivity contribution in [3.05, 3.63) is 107 Å². The molecule has 2 unspecified atom stereocenters. The van der Waals surface area contributed by atoms with Crippen LogP contribution in [0.5, 0.6) is 0 Å². The molecule has 3 aromatic carbocycles. The minimum Gasteiger partial charge on any atom is -0.306 e. The van der Waals surface area contributed by atoms with E-state index in [0.29, 0.717) is 10.7 Å². The Morgan fingerprint density at radius 2 is 1.75 bits per heavy atom. The fourth-order valence-corrected chi connectivity index (χ4v) is 4.84. The molecule has 0 bridgehead atoms. The van der Waals surface area contributed by atoms with E-state index < -0.39 is 0 Å². The number of nitrogens with one attached hydrogen (secondary N) is 1. The minimum atomic E-state index is -0.248. The van der Waals surface area contributed by atoms with Gasteiger partial charge in [0.25, 0.3) is 0 Å². The lowest BCUT2D eigenvalue weighted by molar-refractivity contribution is 0.188. The summed E-state index contributed by atoms with van der Waals surface area (Å²) in [6, 6.07) is 27.3. The van der Waals surface area contributed by atoms with Crippen LogP contribution in [0, 0.1) is 5.92 Å². The zero-order valence-electron chi connectivity index (χ0n) is 17.6. The number of anilines is 1. The van der Waals surface area contributed by atoms with E-state index in [-0.39, 0.29) is 18.0 Å². The fraction of sp³-hybridized carbons (Fsp3) is 0.185. The molecule has 2 atom stereocenters. The first-order valence-electron chi connectivity index (χ1n) is 10.9. The van der Waals surface area contributed by atoms with Crippen molar-refractivity contribution in [3.8, 4) is 0 Å². The topological polar surface area (TPSA) is 44.7 Å². The maximum atomic E-state index is 13.4. The normalized spacial score (nSPS) is 21.2. The van der Waals surface area contributed by atoms with Crippen LogP contribution >= 0.6 is 11.6 Å². The number of amides is 2. The van der Waals surface area contributed by atoms with Gasteiger partial charge in [0, 0.05) is 16.6 Å². The van der Waals surface area contributed by atoms with E-state index in [4.69, 9.17) is 16.7 Å². The maximum Gasteiger partial charge on any atom is 0.342 e. The van der Waals surface area contributed by atoms with E-state index >= 15 is 0 Å². The molecule has 0 aromatic heterocycles. The number of nitrogens with zero attached hydrogens (tertiary/aromatic N) is 2. The summed E-state index contributed by atoms with van der Waals surface area (Å²) in [6.45, 7) is 0. The summed E-state index contributed by atoms with van der Waals surface area (Å²) in [5, 5.41) is 10.1. The lowest BCUT2D eigenvalue weighted by Crippen LogP contribution is -2.34. The van der Waals surface area contributed by atoms with Gasteiger partial charge in [-0.3, -0.25) is 0 Å². The second-order valence-electron chi connectivity index (χ2n) is 8.20. The smallest absolute Gasteiger partial charge is 0.306 e. The fourth-order valence-electron chi connectivity index (χ4n) is 4.65. The standard InChI is InChI=1S/C27H24ClN3O/c28-22-14-8-15-23(18-22)29-27(32)31-26(20-11-5-2-6-12-20)24-16-7-13-21(25(24)30-31)17-19-9-3-1-4-10-19/h1-6,8-12,14-15,17-18,24,26H,7,13,16H2,(H,29,32). The summed E-state index contributed by atoms with van der Waals surface area (Å²) in [7, 11) is 0. The predicted molar refractivity (Wildman–Crippen MR) is 131 cm³/mol. The Balaban J connectivity index is 1.52. The van der Waals surface area contributed by atoms with Crippen LogP contribution in [0.15, 0.2) is 95.6 Å². The number of benzene rings is 3. The highest BCUT2D eigenvalue weighted by Crippen LogP contribution is 2.44. The monoisotopic (exact) mass is 441 g/mol. The van der Waals surface area contributed by atoms with E-state index in [2.05, 4.69) is 35.7 Å². The highest BCUT2D eigenvalue weighted by atomic mass is 35.5. The summed E-state index contributed by atoms with van der Waals surface area (Å²) < 4.78 is 0. The van der Waals surface area contributed by atoms with Crippen molar-refractivity contribution in [3.63, 3.8) is 0 Å². The summed E-state index contributed by atoms with van der Waals surface area (Å²) in [4.78, 5) is 13.4. The van der Waals surface area contributed by atoms with E-state index in [1.165, 1.54) is 5.57 Å². The van der Waals surface area contributed by atoms with E-state index in [1.54, 1.807) is 17.1 Å². The minimum absolute atomic E-state index is 0.134. The zero-order chi connectivity index (χ0) is 21.9. The largest absolute Gasteiger partial charge is 0.342 e. The molecule has 0 spiro atoms. The molecule has 0 saturated heterocycles. The number of hydrazone groups is 1. The van der Waals surface area contributed by atoms with E-state index in [0.717, 1.165) is 36.1 Å². The van der Waals surface area contributed by atoms with Gasteiger partial charge in [-0.05, 0) is 60.2 Å². The molecule has 2 aliphatic rings. The lowest BCUT2D eigenvalue weighted by atomic mass is 9.77. The quantitative estimate of drug-likeness (QED) is 0.460. The third kappa shape index (κ3) is 4.19. The van der Waals surface area contributed by atoms with Crippen LogP contribution in [0.25, 0.3) is 6.08 Å². The first-order chi connectivity index (χ1) is 15.7. The van der Waals surface area contributed by atoms with Crippen LogP contribution in [0.1, 0.15) is 36.4 Å². The highest BCUT2D eigenvalue weighted by molar-refractivity contribution is 6.30.